The summed E-state index contributed by atoms with van der Waals surface area (Å²) < 4.78 is 7.74. The van der Waals surface area contributed by atoms with E-state index in [1.165, 1.54) is 4.88 Å². The zero-order valence-electron chi connectivity index (χ0n) is 15.6. The molecule has 8 heteroatoms. The van der Waals surface area contributed by atoms with Crippen molar-refractivity contribution < 1.29 is 4.74 Å². The number of ether oxygens (including phenoxy) is 1. The molecule has 2 aromatic rings. The minimum atomic E-state index is 0. The fourth-order valence-corrected chi connectivity index (χ4v) is 3.96. The highest BCUT2D eigenvalue weighted by Gasteiger charge is 2.25. The van der Waals surface area contributed by atoms with E-state index in [1.807, 2.05) is 42.5 Å². The molecular weight excluding hydrogens is 461 g/mol. The summed E-state index contributed by atoms with van der Waals surface area (Å²) in [5, 5.41) is 9.92. The summed E-state index contributed by atoms with van der Waals surface area (Å²) in [6.45, 7) is 5.54. The predicted molar refractivity (Wildman–Crippen MR) is 117 cm³/mol. The van der Waals surface area contributed by atoms with Crippen LogP contribution in [0, 0.1) is 5.92 Å². The fraction of sp³-hybridized carbons (Fsp3) is 0.556. The lowest BCUT2D eigenvalue weighted by atomic mass is 10.1. The number of rotatable bonds is 5. The summed E-state index contributed by atoms with van der Waals surface area (Å²) in [5.74, 6) is 1.51. The molecule has 0 radical (unpaired) electrons. The van der Waals surface area contributed by atoms with Crippen LogP contribution in [0.5, 0.6) is 0 Å². The molecule has 1 N–H and O–H groups in total. The topological polar surface area (TPSA) is 54.7 Å². The standard InChI is InChI=1S/C18H27N5OS.HI/c1-14(9-16-5-4-8-25-16)10-20-18(19-2)23-6-7-24-17(13-23)15-11-21-22(3)12-15;/h4-5,8,11-12,14,17H,6-7,9-10,13H2,1-3H3,(H,19,20);1H. The van der Waals surface area contributed by atoms with Crippen LogP contribution >= 0.6 is 35.3 Å². The van der Waals surface area contributed by atoms with Gasteiger partial charge in [0.25, 0.3) is 0 Å². The quantitative estimate of drug-likeness (QED) is 0.399. The van der Waals surface area contributed by atoms with Crippen molar-refractivity contribution in [3.63, 3.8) is 0 Å². The zero-order valence-corrected chi connectivity index (χ0v) is 18.7. The molecule has 0 aliphatic carbocycles. The Hall–Kier alpha value is -1.13. The van der Waals surface area contributed by atoms with Crippen molar-refractivity contribution in [2.75, 3.05) is 33.3 Å². The van der Waals surface area contributed by atoms with E-state index in [-0.39, 0.29) is 30.1 Å². The Morgan fingerprint density at radius 1 is 1.54 bits per heavy atom. The van der Waals surface area contributed by atoms with E-state index in [2.05, 4.69) is 44.7 Å². The molecule has 2 aromatic heterocycles. The Bertz CT molecular complexity index is 688. The van der Waals surface area contributed by atoms with E-state index in [9.17, 15) is 0 Å². The maximum atomic E-state index is 5.92. The van der Waals surface area contributed by atoms with Gasteiger partial charge in [0.05, 0.1) is 19.3 Å². The molecule has 3 heterocycles. The number of thiophene rings is 1. The van der Waals surface area contributed by atoms with Crippen molar-refractivity contribution in [3.05, 3.63) is 40.3 Å². The molecule has 2 atom stereocenters. The van der Waals surface area contributed by atoms with E-state index in [0.29, 0.717) is 12.5 Å². The molecule has 6 nitrogen and oxygen atoms in total. The van der Waals surface area contributed by atoms with Gasteiger partial charge in [-0.05, 0) is 23.8 Å². The monoisotopic (exact) mass is 489 g/mol. The lowest BCUT2D eigenvalue weighted by molar-refractivity contribution is -0.00806. The third-order valence-electron chi connectivity index (χ3n) is 4.41. The van der Waals surface area contributed by atoms with Crippen molar-refractivity contribution in [3.8, 4) is 0 Å². The number of guanidine groups is 1. The van der Waals surface area contributed by atoms with Crippen molar-refractivity contribution in [1.82, 2.24) is 20.0 Å². The Morgan fingerprint density at radius 3 is 3.04 bits per heavy atom. The van der Waals surface area contributed by atoms with E-state index in [4.69, 9.17) is 4.74 Å². The first-order chi connectivity index (χ1) is 12.2. The van der Waals surface area contributed by atoms with Gasteiger partial charge in [-0.15, -0.1) is 35.3 Å². The fourth-order valence-electron chi connectivity index (χ4n) is 3.09. The summed E-state index contributed by atoms with van der Waals surface area (Å²) in [7, 11) is 3.78. The summed E-state index contributed by atoms with van der Waals surface area (Å²) in [6.07, 6.45) is 5.05. The molecule has 2 unspecified atom stereocenters. The van der Waals surface area contributed by atoms with Crippen LogP contribution in [-0.2, 0) is 18.2 Å². The van der Waals surface area contributed by atoms with Gasteiger partial charge in [-0.25, -0.2) is 0 Å². The maximum Gasteiger partial charge on any atom is 0.193 e. The maximum absolute atomic E-state index is 5.92. The number of nitrogens with zero attached hydrogens (tertiary/aromatic N) is 4. The number of hydrogen-bond acceptors (Lipinski definition) is 4. The lowest BCUT2D eigenvalue weighted by Gasteiger charge is -2.35. The molecule has 26 heavy (non-hydrogen) atoms. The zero-order chi connectivity index (χ0) is 17.6. The van der Waals surface area contributed by atoms with Crippen molar-refractivity contribution in [1.29, 1.82) is 0 Å². The van der Waals surface area contributed by atoms with E-state index < -0.39 is 0 Å². The van der Waals surface area contributed by atoms with Crippen LogP contribution in [0.4, 0.5) is 0 Å². The molecule has 3 rings (SSSR count). The Balaban J connectivity index is 0.00000243. The number of aryl methyl sites for hydroxylation is 1. The van der Waals surface area contributed by atoms with Crippen LogP contribution < -0.4 is 5.32 Å². The minimum absolute atomic E-state index is 0. The molecule has 0 bridgehead atoms. The molecule has 0 spiro atoms. The van der Waals surface area contributed by atoms with Gasteiger partial charge in [0.2, 0.25) is 0 Å². The highest BCUT2D eigenvalue weighted by atomic mass is 127. The second-order valence-corrected chi connectivity index (χ2v) is 7.60. The highest BCUT2D eigenvalue weighted by Crippen LogP contribution is 2.21. The molecule has 1 fully saturated rings. The van der Waals surface area contributed by atoms with Crippen LogP contribution in [-0.4, -0.2) is 53.9 Å². The summed E-state index contributed by atoms with van der Waals surface area (Å²) in [6, 6.07) is 4.32. The third kappa shape index (κ3) is 5.68. The summed E-state index contributed by atoms with van der Waals surface area (Å²) in [5.41, 5.74) is 1.12. The van der Waals surface area contributed by atoms with E-state index >= 15 is 0 Å². The van der Waals surface area contributed by atoms with Crippen LogP contribution in [0.25, 0.3) is 0 Å². The molecule has 1 saturated heterocycles. The van der Waals surface area contributed by atoms with Crippen molar-refractivity contribution >= 4 is 41.3 Å². The van der Waals surface area contributed by atoms with Gasteiger partial charge < -0.3 is 15.0 Å². The second kappa shape index (κ2) is 10.3. The number of aliphatic imine (C=N–C) groups is 1. The second-order valence-electron chi connectivity index (χ2n) is 6.57. The van der Waals surface area contributed by atoms with Crippen LogP contribution in [0.2, 0.25) is 0 Å². The van der Waals surface area contributed by atoms with Gasteiger partial charge in [-0.1, -0.05) is 13.0 Å². The average molecular weight is 489 g/mol. The third-order valence-corrected chi connectivity index (χ3v) is 5.31. The normalized spacial score (nSPS) is 19.1. The van der Waals surface area contributed by atoms with Crippen LogP contribution in [0.3, 0.4) is 0 Å². The SMILES string of the molecule is CN=C(NCC(C)Cc1cccs1)N1CCOC(c2cnn(C)c2)C1.I. The van der Waals surface area contributed by atoms with Crippen LogP contribution in [0.15, 0.2) is 34.9 Å². The Kier molecular flexibility index (Phi) is 8.36. The smallest absolute Gasteiger partial charge is 0.193 e. The molecule has 0 saturated carbocycles. The van der Waals surface area contributed by atoms with Gasteiger partial charge in [0.15, 0.2) is 5.96 Å². The average Bonchev–Trinajstić information content (AvgIpc) is 3.27. The van der Waals surface area contributed by atoms with E-state index in [1.54, 1.807) is 0 Å². The highest BCUT2D eigenvalue weighted by molar-refractivity contribution is 14.0. The number of morpholine rings is 1. The van der Waals surface area contributed by atoms with Gasteiger partial charge in [-0.2, -0.15) is 5.10 Å². The first kappa shape index (κ1) is 21.2. The predicted octanol–water partition coefficient (Wildman–Crippen LogP) is 2.93. The first-order valence-electron chi connectivity index (χ1n) is 8.74. The van der Waals surface area contributed by atoms with Crippen molar-refractivity contribution in [2.24, 2.45) is 18.0 Å². The largest absolute Gasteiger partial charge is 0.370 e. The molecule has 144 valence electrons. The molecule has 0 aromatic carbocycles. The van der Waals surface area contributed by atoms with Gasteiger partial charge in [-0.3, -0.25) is 9.67 Å². The summed E-state index contributed by atoms with van der Waals surface area (Å²) >= 11 is 1.83. The van der Waals surface area contributed by atoms with Gasteiger partial charge in [0, 0.05) is 43.8 Å². The number of nitrogens with one attached hydrogen (secondary N) is 1. The van der Waals surface area contributed by atoms with Gasteiger partial charge in [0.1, 0.15) is 6.10 Å². The number of aromatic nitrogens is 2. The molecule has 0 amide bonds. The van der Waals surface area contributed by atoms with Gasteiger partial charge >= 0.3 is 0 Å². The Morgan fingerprint density at radius 2 is 2.38 bits per heavy atom. The van der Waals surface area contributed by atoms with Crippen molar-refractivity contribution in [2.45, 2.75) is 19.4 Å². The molecule has 1 aliphatic rings. The molecular formula is C18H28IN5OS. The molecule has 1 aliphatic heterocycles. The Labute approximate surface area is 176 Å². The van der Waals surface area contributed by atoms with E-state index in [0.717, 1.165) is 37.6 Å². The van der Waals surface area contributed by atoms with Crippen LogP contribution in [0.1, 0.15) is 23.5 Å². The lowest BCUT2D eigenvalue weighted by Crippen LogP contribution is -2.49. The summed E-state index contributed by atoms with van der Waals surface area (Å²) in [4.78, 5) is 8.19. The minimum Gasteiger partial charge on any atom is -0.370 e. The first-order valence-corrected chi connectivity index (χ1v) is 9.61. The number of halogens is 1. The number of hydrogen-bond donors (Lipinski definition) is 1.